The number of nitrogens with one attached hydrogen (secondary N) is 2. The molecule has 2 N–H and O–H groups in total. The van der Waals surface area contributed by atoms with Crippen LogP contribution >= 0.6 is 12.4 Å². The number of benzene rings is 1. The van der Waals surface area contributed by atoms with Gasteiger partial charge in [-0.2, -0.15) is 0 Å². The average Bonchev–Trinajstić information content (AvgIpc) is 3.35. The summed E-state index contributed by atoms with van der Waals surface area (Å²) in [7, 11) is 0. The summed E-state index contributed by atoms with van der Waals surface area (Å²) in [4.78, 5) is 17.8. The predicted octanol–water partition coefficient (Wildman–Crippen LogP) is 5.07. The largest absolute Gasteiger partial charge is 0.474 e. The first-order valence-electron chi connectivity index (χ1n) is 11.7. The van der Waals surface area contributed by atoms with Gasteiger partial charge in [0.2, 0.25) is 5.88 Å². The van der Waals surface area contributed by atoms with Crippen molar-refractivity contribution in [3.63, 3.8) is 0 Å². The van der Waals surface area contributed by atoms with Crippen molar-refractivity contribution in [1.29, 1.82) is 0 Å². The van der Waals surface area contributed by atoms with Crippen LogP contribution in [0.5, 0.6) is 17.4 Å². The number of imidazole rings is 1. The van der Waals surface area contributed by atoms with E-state index in [-0.39, 0.29) is 18.5 Å². The maximum Gasteiger partial charge on any atom is 0.214 e. The minimum atomic E-state index is 0. The van der Waals surface area contributed by atoms with Gasteiger partial charge in [0.25, 0.3) is 0 Å². The van der Waals surface area contributed by atoms with E-state index in [4.69, 9.17) is 14.5 Å². The smallest absolute Gasteiger partial charge is 0.214 e. The second kappa shape index (κ2) is 10.3. The Kier molecular flexibility index (Phi) is 6.84. The zero-order valence-corrected chi connectivity index (χ0v) is 20.5. The number of hydrogen-bond acceptors (Lipinski definition) is 8. The van der Waals surface area contributed by atoms with Gasteiger partial charge < -0.3 is 24.5 Å². The van der Waals surface area contributed by atoms with Gasteiger partial charge in [-0.3, -0.25) is 0 Å². The fourth-order valence-electron chi connectivity index (χ4n) is 4.22. The highest BCUT2D eigenvalue weighted by atomic mass is 35.5. The van der Waals surface area contributed by atoms with Gasteiger partial charge in [0.05, 0.1) is 5.52 Å². The zero-order valence-electron chi connectivity index (χ0n) is 19.7. The molecular weight excluding hydrogens is 478 g/mol. The summed E-state index contributed by atoms with van der Waals surface area (Å²) in [6, 6.07) is 13.5. The molecule has 1 aliphatic rings. The van der Waals surface area contributed by atoms with E-state index in [9.17, 15) is 0 Å². The fraction of sp³-hybridized carbons (Fsp3) is 0.231. The molecule has 5 heterocycles. The Balaban J connectivity index is 0.00000267. The highest BCUT2D eigenvalue weighted by Gasteiger charge is 2.16. The second-order valence-corrected chi connectivity index (χ2v) is 8.57. The van der Waals surface area contributed by atoms with Crippen molar-refractivity contribution in [2.24, 2.45) is 0 Å². The Bertz CT molecular complexity index is 1500. The normalized spacial score (nSPS) is 13.9. The summed E-state index contributed by atoms with van der Waals surface area (Å²) < 4.78 is 14.2. The molecule has 5 aromatic rings. The molecule has 36 heavy (non-hydrogen) atoms. The minimum Gasteiger partial charge on any atom is -0.474 e. The number of nitrogens with zero attached hydrogens (tertiary/aromatic N) is 5. The van der Waals surface area contributed by atoms with Crippen molar-refractivity contribution in [3.8, 4) is 17.4 Å². The first-order valence-corrected chi connectivity index (χ1v) is 11.7. The van der Waals surface area contributed by atoms with Crippen LogP contribution in [0.2, 0.25) is 0 Å². The summed E-state index contributed by atoms with van der Waals surface area (Å²) in [5.41, 5.74) is 4.13. The Morgan fingerprint density at radius 2 is 1.89 bits per heavy atom. The van der Waals surface area contributed by atoms with Crippen LogP contribution in [0.25, 0.3) is 16.7 Å². The highest BCUT2D eigenvalue weighted by Crippen LogP contribution is 2.30. The van der Waals surface area contributed by atoms with Crippen molar-refractivity contribution in [3.05, 3.63) is 72.9 Å². The van der Waals surface area contributed by atoms with Crippen LogP contribution in [-0.4, -0.2) is 43.5 Å². The van der Waals surface area contributed by atoms with Crippen LogP contribution in [0.4, 0.5) is 11.5 Å². The molecule has 1 fully saturated rings. The molecule has 0 unspecified atom stereocenters. The van der Waals surface area contributed by atoms with Crippen LogP contribution < -0.4 is 20.1 Å². The number of anilines is 2. The lowest BCUT2D eigenvalue weighted by Crippen LogP contribution is -2.34. The molecule has 1 aliphatic heterocycles. The molecule has 0 radical (unpaired) electrons. The van der Waals surface area contributed by atoms with E-state index in [2.05, 4.69) is 25.6 Å². The number of aryl methyl sites for hydroxylation is 1. The lowest BCUT2D eigenvalue weighted by atomic mass is 10.1. The number of pyridine rings is 2. The van der Waals surface area contributed by atoms with Gasteiger partial charge in [0.15, 0.2) is 5.82 Å². The van der Waals surface area contributed by atoms with Gasteiger partial charge in [-0.25, -0.2) is 19.9 Å². The lowest BCUT2D eigenvalue weighted by molar-refractivity contribution is 0.156. The van der Waals surface area contributed by atoms with E-state index in [1.807, 2.05) is 66.2 Å². The number of hydrogen-bond donors (Lipinski definition) is 2. The topological polar surface area (TPSA) is 98.5 Å². The summed E-state index contributed by atoms with van der Waals surface area (Å²) in [5, 5.41) is 6.73. The van der Waals surface area contributed by atoms with E-state index in [1.165, 1.54) is 6.33 Å². The molecule has 184 valence electrons. The Morgan fingerprint density at radius 3 is 2.75 bits per heavy atom. The third-order valence-corrected chi connectivity index (χ3v) is 6.06. The van der Waals surface area contributed by atoms with Crippen LogP contribution in [0.3, 0.4) is 0 Å². The van der Waals surface area contributed by atoms with Gasteiger partial charge in [-0.1, -0.05) is 0 Å². The van der Waals surface area contributed by atoms with Crippen LogP contribution in [-0.2, 0) is 0 Å². The molecule has 0 amide bonds. The van der Waals surface area contributed by atoms with Gasteiger partial charge in [-0.15, -0.1) is 12.4 Å². The summed E-state index contributed by atoms with van der Waals surface area (Å²) in [6.07, 6.45) is 9.25. The molecule has 0 spiro atoms. The number of aromatic nitrogens is 5. The van der Waals surface area contributed by atoms with Crippen LogP contribution in [0.1, 0.15) is 18.4 Å². The van der Waals surface area contributed by atoms with Gasteiger partial charge >= 0.3 is 0 Å². The molecule has 1 saturated heterocycles. The highest BCUT2D eigenvalue weighted by molar-refractivity contribution is 5.87. The number of fused-ring (bicyclic) bond motifs is 2. The summed E-state index contributed by atoms with van der Waals surface area (Å²) in [5.74, 6) is 2.73. The molecule has 10 heteroatoms. The molecule has 9 nitrogen and oxygen atoms in total. The van der Waals surface area contributed by atoms with E-state index < -0.39 is 0 Å². The fourth-order valence-corrected chi connectivity index (χ4v) is 4.22. The van der Waals surface area contributed by atoms with Gasteiger partial charge in [0.1, 0.15) is 35.1 Å². The summed E-state index contributed by atoms with van der Waals surface area (Å²) in [6.45, 7) is 3.94. The number of halogens is 1. The SMILES string of the molecule is Cc1cc(Nc2ncnc3ccc(OC4CCNCC4)nc23)ccc1Oc1ccn2ccnc2c1.Cl. The first kappa shape index (κ1) is 23.8. The number of ether oxygens (including phenoxy) is 2. The van der Waals surface area contributed by atoms with E-state index in [0.717, 1.165) is 59.8 Å². The quantitative estimate of drug-likeness (QED) is 0.331. The monoisotopic (exact) mass is 503 g/mol. The minimum absolute atomic E-state index is 0. The van der Waals surface area contributed by atoms with Gasteiger partial charge in [-0.05, 0) is 68.8 Å². The molecule has 0 atom stereocenters. The molecule has 1 aromatic carbocycles. The molecule has 6 rings (SSSR count). The van der Waals surface area contributed by atoms with Crippen molar-refractivity contribution in [2.75, 3.05) is 18.4 Å². The average molecular weight is 504 g/mol. The van der Waals surface area contributed by atoms with Gasteiger partial charge in [0, 0.05) is 36.4 Å². The standard InChI is InChI=1S/C26H25N7O2.ClH/c1-17-14-18(2-4-22(17)34-20-8-12-33-13-11-28-23(33)15-20)31-26-25-21(29-16-30-26)3-5-24(32-25)35-19-6-9-27-10-7-19;/h2-5,8,11-16,19,27H,6-7,9-10H2,1H3,(H,29,30,31);1H. The third kappa shape index (κ3) is 5.02. The van der Waals surface area contributed by atoms with Crippen molar-refractivity contribution in [1.82, 2.24) is 29.7 Å². The van der Waals surface area contributed by atoms with E-state index in [1.54, 1.807) is 6.20 Å². The molecular formula is C26H26ClN7O2. The Morgan fingerprint density at radius 1 is 1.00 bits per heavy atom. The maximum absolute atomic E-state index is 6.12. The Labute approximate surface area is 214 Å². The summed E-state index contributed by atoms with van der Waals surface area (Å²) >= 11 is 0. The van der Waals surface area contributed by atoms with E-state index in [0.29, 0.717) is 17.2 Å². The maximum atomic E-state index is 6.12. The molecule has 0 bridgehead atoms. The molecule has 0 saturated carbocycles. The van der Waals surface area contributed by atoms with Crippen LogP contribution in [0, 0.1) is 6.92 Å². The molecule has 0 aliphatic carbocycles. The predicted molar refractivity (Wildman–Crippen MR) is 141 cm³/mol. The third-order valence-electron chi connectivity index (χ3n) is 6.06. The van der Waals surface area contributed by atoms with E-state index >= 15 is 0 Å². The second-order valence-electron chi connectivity index (χ2n) is 8.57. The van der Waals surface area contributed by atoms with Crippen molar-refractivity contribution >= 4 is 40.6 Å². The van der Waals surface area contributed by atoms with Crippen molar-refractivity contribution < 1.29 is 9.47 Å². The Hall–Kier alpha value is -3.95. The first-order chi connectivity index (χ1) is 17.2. The van der Waals surface area contributed by atoms with Crippen LogP contribution in [0.15, 0.2) is 67.4 Å². The number of piperidine rings is 1. The molecule has 4 aromatic heterocycles. The van der Waals surface area contributed by atoms with Crippen molar-refractivity contribution in [2.45, 2.75) is 25.9 Å². The number of rotatable bonds is 6. The zero-order chi connectivity index (χ0) is 23.6. The lowest BCUT2D eigenvalue weighted by Gasteiger charge is -2.23.